The summed E-state index contributed by atoms with van der Waals surface area (Å²) in [6.07, 6.45) is 0. The molecule has 0 unspecified atom stereocenters. The molecule has 1 fully saturated rings. The number of aromatic nitrogens is 2. The van der Waals surface area contributed by atoms with Crippen molar-refractivity contribution >= 4 is 18.5 Å². The first-order chi connectivity index (χ1) is 9.05. The standard InChI is InChI=1S/C13H22BN3O3/c1-8-11(9(2)17(16-8)7-10(15)18)14-19-12(3,4)13(5,6)20-14/h7H2,1-6H3,(H2,15,18). The van der Waals surface area contributed by atoms with E-state index in [1.807, 2.05) is 41.5 Å². The first-order valence-corrected chi connectivity index (χ1v) is 6.73. The van der Waals surface area contributed by atoms with Crippen molar-refractivity contribution in [1.29, 1.82) is 0 Å². The minimum atomic E-state index is -0.471. The first kappa shape index (κ1) is 15.1. The van der Waals surface area contributed by atoms with E-state index in [1.165, 1.54) is 0 Å². The molecule has 0 atom stereocenters. The number of hydrogen-bond acceptors (Lipinski definition) is 4. The summed E-state index contributed by atoms with van der Waals surface area (Å²) in [5, 5.41) is 4.35. The fraction of sp³-hybridized carbons (Fsp3) is 0.692. The Labute approximate surface area is 119 Å². The van der Waals surface area contributed by atoms with Gasteiger partial charge < -0.3 is 15.0 Å². The third kappa shape index (κ3) is 2.36. The summed E-state index contributed by atoms with van der Waals surface area (Å²) in [4.78, 5) is 11.1. The van der Waals surface area contributed by atoms with E-state index in [0.717, 1.165) is 16.9 Å². The van der Waals surface area contributed by atoms with Gasteiger partial charge in [-0.15, -0.1) is 0 Å². The number of nitrogens with two attached hydrogens (primary N) is 1. The van der Waals surface area contributed by atoms with Crippen LogP contribution in [0.3, 0.4) is 0 Å². The van der Waals surface area contributed by atoms with E-state index < -0.39 is 24.2 Å². The molecule has 2 heterocycles. The number of rotatable bonds is 3. The summed E-state index contributed by atoms with van der Waals surface area (Å²) in [7, 11) is -0.471. The van der Waals surface area contributed by atoms with Gasteiger partial charge in [-0.05, 0) is 41.5 Å². The van der Waals surface area contributed by atoms with Crippen LogP contribution in [0.25, 0.3) is 0 Å². The second-order valence-corrected chi connectivity index (χ2v) is 6.30. The minimum Gasteiger partial charge on any atom is -0.399 e. The Morgan fingerprint density at radius 3 is 2.20 bits per heavy atom. The molecule has 2 rings (SSSR count). The molecule has 1 amide bonds. The molecule has 0 saturated carbocycles. The maximum Gasteiger partial charge on any atom is 0.498 e. The van der Waals surface area contributed by atoms with Crippen molar-refractivity contribution < 1.29 is 14.1 Å². The van der Waals surface area contributed by atoms with E-state index in [-0.39, 0.29) is 6.54 Å². The van der Waals surface area contributed by atoms with E-state index in [1.54, 1.807) is 4.68 Å². The average Bonchev–Trinajstić information content (AvgIpc) is 2.61. The summed E-state index contributed by atoms with van der Waals surface area (Å²) >= 11 is 0. The van der Waals surface area contributed by atoms with Gasteiger partial charge in [0.1, 0.15) is 6.54 Å². The molecule has 0 spiro atoms. The van der Waals surface area contributed by atoms with Crippen LogP contribution < -0.4 is 11.2 Å². The van der Waals surface area contributed by atoms with Crippen molar-refractivity contribution in [2.24, 2.45) is 5.73 Å². The summed E-state index contributed by atoms with van der Waals surface area (Å²) in [6, 6.07) is 0. The topological polar surface area (TPSA) is 79.4 Å². The van der Waals surface area contributed by atoms with Gasteiger partial charge in [0, 0.05) is 11.2 Å². The lowest BCUT2D eigenvalue weighted by Crippen LogP contribution is -2.41. The van der Waals surface area contributed by atoms with Crippen LogP contribution in [-0.2, 0) is 20.6 Å². The van der Waals surface area contributed by atoms with Gasteiger partial charge in [-0.3, -0.25) is 9.48 Å². The molecule has 0 bridgehead atoms. The van der Waals surface area contributed by atoms with E-state index in [4.69, 9.17) is 15.0 Å². The predicted molar refractivity (Wildman–Crippen MR) is 76.6 cm³/mol. The van der Waals surface area contributed by atoms with Gasteiger partial charge in [-0.2, -0.15) is 5.10 Å². The van der Waals surface area contributed by atoms with Gasteiger partial charge in [-0.1, -0.05) is 0 Å². The Morgan fingerprint density at radius 2 is 1.75 bits per heavy atom. The maximum absolute atomic E-state index is 11.1. The molecular formula is C13H22BN3O3. The lowest BCUT2D eigenvalue weighted by Gasteiger charge is -2.32. The van der Waals surface area contributed by atoms with Gasteiger partial charge in [0.15, 0.2) is 0 Å². The zero-order valence-electron chi connectivity index (χ0n) is 13.0. The third-order valence-electron chi connectivity index (χ3n) is 4.23. The van der Waals surface area contributed by atoms with Crippen molar-refractivity contribution in [3.8, 4) is 0 Å². The highest BCUT2D eigenvalue weighted by atomic mass is 16.7. The average molecular weight is 279 g/mol. The Kier molecular flexibility index (Phi) is 3.46. The number of aryl methyl sites for hydroxylation is 1. The predicted octanol–water partition coefficient (Wildman–Crippen LogP) is 0.284. The molecule has 1 aromatic heterocycles. The Balaban J connectivity index is 2.36. The van der Waals surface area contributed by atoms with Crippen LogP contribution >= 0.6 is 0 Å². The molecule has 6 nitrogen and oxygen atoms in total. The Hall–Kier alpha value is -1.34. The number of amides is 1. The second-order valence-electron chi connectivity index (χ2n) is 6.30. The van der Waals surface area contributed by atoms with Gasteiger partial charge in [-0.25, -0.2) is 0 Å². The first-order valence-electron chi connectivity index (χ1n) is 6.73. The normalized spacial score (nSPS) is 20.4. The van der Waals surface area contributed by atoms with Gasteiger partial charge in [0.25, 0.3) is 0 Å². The summed E-state index contributed by atoms with van der Waals surface area (Å²) in [5.74, 6) is -0.420. The molecular weight excluding hydrogens is 257 g/mol. The Morgan fingerprint density at radius 1 is 1.25 bits per heavy atom. The van der Waals surface area contributed by atoms with E-state index in [9.17, 15) is 4.79 Å². The fourth-order valence-corrected chi connectivity index (χ4v) is 2.31. The molecule has 110 valence electrons. The number of carbonyl (C=O) groups excluding carboxylic acids is 1. The zero-order valence-corrected chi connectivity index (χ0v) is 13.0. The lowest BCUT2D eigenvalue weighted by molar-refractivity contribution is -0.118. The molecule has 0 aliphatic carbocycles. The molecule has 20 heavy (non-hydrogen) atoms. The Bertz CT molecular complexity index is 535. The summed E-state index contributed by atoms with van der Waals surface area (Å²) < 4.78 is 13.7. The second kappa shape index (κ2) is 4.60. The molecule has 1 aliphatic rings. The molecule has 1 aromatic rings. The van der Waals surface area contributed by atoms with Crippen LogP contribution in [0.5, 0.6) is 0 Å². The van der Waals surface area contributed by atoms with E-state index in [0.29, 0.717) is 0 Å². The van der Waals surface area contributed by atoms with E-state index in [2.05, 4.69) is 5.10 Å². The molecule has 1 saturated heterocycles. The number of nitrogens with zero attached hydrogens (tertiary/aromatic N) is 2. The maximum atomic E-state index is 11.1. The van der Waals surface area contributed by atoms with Crippen molar-refractivity contribution in [3.63, 3.8) is 0 Å². The minimum absolute atomic E-state index is 0.0617. The smallest absolute Gasteiger partial charge is 0.399 e. The van der Waals surface area contributed by atoms with Crippen LogP contribution in [0.2, 0.25) is 0 Å². The van der Waals surface area contributed by atoms with Crippen LogP contribution in [0.1, 0.15) is 39.1 Å². The quantitative estimate of drug-likeness (QED) is 0.806. The number of carbonyl (C=O) groups is 1. The van der Waals surface area contributed by atoms with Crippen molar-refractivity contribution in [3.05, 3.63) is 11.4 Å². The lowest BCUT2D eigenvalue weighted by atomic mass is 9.77. The highest BCUT2D eigenvalue weighted by Crippen LogP contribution is 2.36. The summed E-state index contributed by atoms with van der Waals surface area (Å²) in [5.41, 5.74) is 6.95. The molecule has 1 aliphatic heterocycles. The van der Waals surface area contributed by atoms with Crippen molar-refractivity contribution in [2.75, 3.05) is 0 Å². The van der Waals surface area contributed by atoms with Crippen LogP contribution in [-0.4, -0.2) is 34.0 Å². The van der Waals surface area contributed by atoms with Crippen LogP contribution in [0.4, 0.5) is 0 Å². The van der Waals surface area contributed by atoms with Crippen molar-refractivity contribution in [2.45, 2.75) is 59.3 Å². The van der Waals surface area contributed by atoms with Crippen molar-refractivity contribution in [1.82, 2.24) is 9.78 Å². The monoisotopic (exact) mass is 279 g/mol. The fourth-order valence-electron chi connectivity index (χ4n) is 2.31. The molecule has 2 N–H and O–H groups in total. The van der Waals surface area contributed by atoms with E-state index >= 15 is 0 Å². The molecule has 0 aromatic carbocycles. The highest BCUT2D eigenvalue weighted by Gasteiger charge is 2.53. The van der Waals surface area contributed by atoms with Crippen LogP contribution in [0.15, 0.2) is 0 Å². The molecule has 0 radical (unpaired) electrons. The SMILES string of the molecule is Cc1nn(CC(N)=O)c(C)c1B1OC(C)(C)C(C)(C)O1. The highest BCUT2D eigenvalue weighted by molar-refractivity contribution is 6.63. The largest absolute Gasteiger partial charge is 0.498 e. The summed E-state index contributed by atoms with van der Waals surface area (Å²) in [6.45, 7) is 11.9. The van der Waals surface area contributed by atoms with Crippen LogP contribution in [0, 0.1) is 13.8 Å². The third-order valence-corrected chi connectivity index (χ3v) is 4.23. The molecule has 7 heteroatoms. The zero-order chi connectivity index (χ0) is 15.3. The van der Waals surface area contributed by atoms with Gasteiger partial charge in [0.05, 0.1) is 16.9 Å². The van der Waals surface area contributed by atoms with Gasteiger partial charge >= 0.3 is 7.12 Å². The number of hydrogen-bond donors (Lipinski definition) is 1. The van der Waals surface area contributed by atoms with Gasteiger partial charge in [0.2, 0.25) is 5.91 Å². The number of primary amides is 1.